The first kappa shape index (κ1) is 13.2. The van der Waals surface area contributed by atoms with Gasteiger partial charge in [0, 0.05) is 5.38 Å². The van der Waals surface area contributed by atoms with Gasteiger partial charge in [0.05, 0.1) is 12.1 Å². The average molecular weight is 275 g/mol. The number of thiazole rings is 1. The van der Waals surface area contributed by atoms with Gasteiger partial charge in [-0.2, -0.15) is 0 Å². The molecule has 2 aromatic rings. The van der Waals surface area contributed by atoms with Crippen molar-refractivity contribution in [2.24, 2.45) is 0 Å². The second-order valence-corrected chi connectivity index (χ2v) is 4.84. The number of nitrogen functional groups attached to an aromatic ring is 1. The summed E-state index contributed by atoms with van der Waals surface area (Å²) in [6, 6.07) is 8.44. The first-order valence-electron chi connectivity index (χ1n) is 5.68. The molecule has 0 spiro atoms. The molecular formula is C13H13N3O2S. The van der Waals surface area contributed by atoms with E-state index in [0.717, 1.165) is 5.56 Å². The van der Waals surface area contributed by atoms with Crippen LogP contribution in [0.1, 0.15) is 17.3 Å². The predicted molar refractivity (Wildman–Crippen MR) is 73.6 cm³/mol. The van der Waals surface area contributed by atoms with E-state index in [1.807, 2.05) is 18.2 Å². The number of benzene rings is 1. The zero-order valence-electron chi connectivity index (χ0n) is 10.1. The van der Waals surface area contributed by atoms with Crippen molar-refractivity contribution < 1.29 is 9.59 Å². The Bertz CT molecular complexity index is 568. The molecule has 1 atom stereocenters. The minimum Gasteiger partial charge on any atom is -0.375 e. The van der Waals surface area contributed by atoms with Crippen LogP contribution in [0.3, 0.4) is 0 Å². The minimum absolute atomic E-state index is 0.116. The summed E-state index contributed by atoms with van der Waals surface area (Å²) in [5.41, 5.74) is 6.85. The van der Waals surface area contributed by atoms with Gasteiger partial charge >= 0.3 is 0 Å². The fourth-order valence-corrected chi connectivity index (χ4v) is 2.21. The predicted octanol–water partition coefficient (Wildman–Crippen LogP) is 1.32. The standard InChI is InChI=1S/C13H13N3O2S/c14-13-15-10(8-19-13)6-12(18)16-11(7-17)9-4-2-1-3-5-9/h1-5,7-8,11H,6H2,(H2,14,15)(H,16,18). The summed E-state index contributed by atoms with van der Waals surface area (Å²) in [6.07, 6.45) is 0.827. The number of nitrogens with zero attached hydrogens (tertiary/aromatic N) is 1. The maximum atomic E-state index is 11.8. The van der Waals surface area contributed by atoms with Crippen molar-refractivity contribution in [2.45, 2.75) is 12.5 Å². The lowest BCUT2D eigenvalue weighted by molar-refractivity contribution is -0.123. The molecule has 0 fully saturated rings. The van der Waals surface area contributed by atoms with Crippen molar-refractivity contribution in [2.75, 3.05) is 5.73 Å². The van der Waals surface area contributed by atoms with Gasteiger partial charge in [-0.3, -0.25) is 4.79 Å². The molecule has 1 aromatic carbocycles. The molecule has 6 heteroatoms. The van der Waals surface area contributed by atoms with Crippen LogP contribution in [0.25, 0.3) is 0 Å². The summed E-state index contributed by atoms with van der Waals surface area (Å²) in [4.78, 5) is 26.9. The van der Waals surface area contributed by atoms with Gasteiger partial charge < -0.3 is 15.8 Å². The molecule has 1 amide bonds. The molecule has 2 rings (SSSR count). The molecule has 3 N–H and O–H groups in total. The summed E-state index contributed by atoms with van der Waals surface area (Å²) in [5.74, 6) is -0.258. The molecule has 0 bridgehead atoms. The molecule has 1 aromatic heterocycles. The van der Waals surface area contributed by atoms with Gasteiger partial charge in [0.2, 0.25) is 5.91 Å². The Labute approximate surface area is 114 Å². The van der Waals surface area contributed by atoms with Crippen LogP contribution in [0, 0.1) is 0 Å². The van der Waals surface area contributed by atoms with Crippen molar-refractivity contribution in [1.29, 1.82) is 0 Å². The molecule has 1 heterocycles. The van der Waals surface area contributed by atoms with Crippen molar-refractivity contribution in [1.82, 2.24) is 10.3 Å². The molecule has 0 saturated carbocycles. The number of carbonyl (C=O) groups is 2. The van der Waals surface area contributed by atoms with Crippen LogP contribution in [-0.2, 0) is 16.0 Å². The number of rotatable bonds is 5. The van der Waals surface area contributed by atoms with E-state index < -0.39 is 6.04 Å². The highest BCUT2D eigenvalue weighted by Crippen LogP contribution is 2.13. The molecule has 0 radical (unpaired) electrons. The second kappa shape index (κ2) is 6.10. The second-order valence-electron chi connectivity index (χ2n) is 3.95. The van der Waals surface area contributed by atoms with Crippen LogP contribution in [0.15, 0.2) is 35.7 Å². The third kappa shape index (κ3) is 3.62. The highest BCUT2D eigenvalue weighted by atomic mass is 32.1. The number of amides is 1. The van der Waals surface area contributed by atoms with E-state index in [1.54, 1.807) is 17.5 Å². The molecular weight excluding hydrogens is 262 g/mol. The van der Waals surface area contributed by atoms with Crippen LogP contribution in [0.4, 0.5) is 5.13 Å². The average Bonchev–Trinajstić information content (AvgIpc) is 2.82. The maximum absolute atomic E-state index is 11.8. The van der Waals surface area contributed by atoms with Crippen LogP contribution >= 0.6 is 11.3 Å². The van der Waals surface area contributed by atoms with Gasteiger partial charge in [0.15, 0.2) is 5.13 Å². The molecule has 98 valence electrons. The van der Waals surface area contributed by atoms with Crippen molar-refractivity contribution in [3.8, 4) is 0 Å². The van der Waals surface area contributed by atoms with Crippen LogP contribution < -0.4 is 11.1 Å². The van der Waals surface area contributed by atoms with Gasteiger partial charge in [-0.05, 0) is 5.56 Å². The minimum atomic E-state index is -0.635. The molecule has 0 aliphatic heterocycles. The fourth-order valence-electron chi connectivity index (χ4n) is 1.65. The Morgan fingerprint density at radius 3 is 2.74 bits per heavy atom. The number of anilines is 1. The first-order valence-corrected chi connectivity index (χ1v) is 6.56. The largest absolute Gasteiger partial charge is 0.375 e. The number of carbonyl (C=O) groups excluding carboxylic acids is 2. The maximum Gasteiger partial charge on any atom is 0.226 e. The quantitative estimate of drug-likeness (QED) is 0.806. The molecule has 0 aliphatic rings. The Morgan fingerprint density at radius 1 is 1.42 bits per heavy atom. The van der Waals surface area contributed by atoms with Crippen LogP contribution in [0.2, 0.25) is 0 Å². The Kier molecular flexibility index (Phi) is 4.25. The monoisotopic (exact) mass is 275 g/mol. The molecule has 1 unspecified atom stereocenters. The number of aromatic nitrogens is 1. The van der Waals surface area contributed by atoms with E-state index in [1.165, 1.54) is 11.3 Å². The van der Waals surface area contributed by atoms with Gasteiger partial charge in [-0.25, -0.2) is 4.98 Å². The molecule has 0 aliphatic carbocycles. The third-order valence-electron chi connectivity index (χ3n) is 2.52. The van der Waals surface area contributed by atoms with Gasteiger partial charge in [0.1, 0.15) is 12.3 Å². The molecule has 19 heavy (non-hydrogen) atoms. The summed E-state index contributed by atoms with van der Waals surface area (Å²) in [7, 11) is 0. The number of aldehydes is 1. The van der Waals surface area contributed by atoms with E-state index in [9.17, 15) is 9.59 Å². The van der Waals surface area contributed by atoms with E-state index in [4.69, 9.17) is 5.73 Å². The van der Waals surface area contributed by atoms with E-state index in [0.29, 0.717) is 17.1 Å². The highest BCUT2D eigenvalue weighted by Gasteiger charge is 2.14. The SMILES string of the molecule is Nc1nc(CC(=O)NC(C=O)c2ccccc2)cs1. The van der Waals surface area contributed by atoms with Gasteiger partial charge in [0.25, 0.3) is 0 Å². The number of hydrogen-bond acceptors (Lipinski definition) is 5. The lowest BCUT2D eigenvalue weighted by Crippen LogP contribution is -2.30. The highest BCUT2D eigenvalue weighted by molar-refractivity contribution is 7.13. The molecule has 0 saturated heterocycles. The van der Waals surface area contributed by atoms with E-state index in [2.05, 4.69) is 10.3 Å². The summed E-state index contributed by atoms with van der Waals surface area (Å²) in [5, 5.41) is 4.82. The van der Waals surface area contributed by atoms with E-state index >= 15 is 0 Å². The lowest BCUT2D eigenvalue weighted by Gasteiger charge is -2.12. The van der Waals surface area contributed by atoms with Gasteiger partial charge in [-0.15, -0.1) is 11.3 Å². The summed E-state index contributed by atoms with van der Waals surface area (Å²) >= 11 is 1.28. The number of nitrogens with one attached hydrogen (secondary N) is 1. The van der Waals surface area contributed by atoms with Crippen molar-refractivity contribution in [3.63, 3.8) is 0 Å². The van der Waals surface area contributed by atoms with Crippen molar-refractivity contribution in [3.05, 3.63) is 47.0 Å². The first-order chi connectivity index (χ1) is 9.19. The Balaban J connectivity index is 1.99. The van der Waals surface area contributed by atoms with E-state index in [-0.39, 0.29) is 12.3 Å². The number of hydrogen-bond donors (Lipinski definition) is 2. The van der Waals surface area contributed by atoms with Crippen molar-refractivity contribution >= 4 is 28.7 Å². The normalized spacial score (nSPS) is 11.8. The smallest absolute Gasteiger partial charge is 0.226 e. The Morgan fingerprint density at radius 2 is 2.16 bits per heavy atom. The third-order valence-corrected chi connectivity index (χ3v) is 3.25. The van der Waals surface area contributed by atoms with Gasteiger partial charge in [-0.1, -0.05) is 30.3 Å². The topological polar surface area (TPSA) is 85.1 Å². The zero-order valence-corrected chi connectivity index (χ0v) is 10.9. The molecule has 5 nitrogen and oxygen atoms in total. The zero-order chi connectivity index (χ0) is 13.7. The Hall–Kier alpha value is -2.21. The fraction of sp³-hybridized carbons (Fsp3) is 0.154. The van der Waals surface area contributed by atoms with Crippen LogP contribution in [-0.4, -0.2) is 17.2 Å². The number of nitrogens with two attached hydrogens (primary N) is 1. The lowest BCUT2D eigenvalue weighted by atomic mass is 10.1. The van der Waals surface area contributed by atoms with Crippen LogP contribution in [0.5, 0.6) is 0 Å². The summed E-state index contributed by atoms with van der Waals surface area (Å²) in [6.45, 7) is 0. The summed E-state index contributed by atoms with van der Waals surface area (Å²) < 4.78 is 0.